The molecule has 0 radical (unpaired) electrons. The first-order valence-corrected chi connectivity index (χ1v) is 10.5. The summed E-state index contributed by atoms with van der Waals surface area (Å²) in [5, 5.41) is 15.5. The van der Waals surface area contributed by atoms with Crippen LogP contribution in [0.1, 0.15) is 16.6 Å². The van der Waals surface area contributed by atoms with Crippen LogP contribution in [0.5, 0.6) is 0 Å². The summed E-state index contributed by atoms with van der Waals surface area (Å²) in [5.41, 5.74) is 1.19. The zero-order valence-electron chi connectivity index (χ0n) is 14.8. The minimum Gasteiger partial charge on any atom is -0.336 e. The SMILES string of the molecule is Cc1nnc(SC(C(=O)Nc2ccc(S(N)(=O)=O)cc2)c2ccccc2)n1N. The summed E-state index contributed by atoms with van der Waals surface area (Å²) in [6.07, 6.45) is 0. The average molecular weight is 419 g/mol. The average Bonchev–Trinajstić information content (AvgIpc) is 2.98. The van der Waals surface area contributed by atoms with E-state index in [1.165, 1.54) is 28.9 Å². The van der Waals surface area contributed by atoms with Gasteiger partial charge >= 0.3 is 0 Å². The van der Waals surface area contributed by atoms with Gasteiger partial charge in [0.1, 0.15) is 11.1 Å². The lowest BCUT2D eigenvalue weighted by atomic mass is 10.1. The number of hydrogen-bond donors (Lipinski definition) is 3. The van der Waals surface area contributed by atoms with Crippen LogP contribution < -0.4 is 16.3 Å². The topological polar surface area (TPSA) is 146 Å². The molecule has 0 bridgehead atoms. The Balaban J connectivity index is 1.85. The zero-order chi connectivity index (χ0) is 20.3. The molecule has 11 heteroatoms. The molecule has 0 saturated heterocycles. The molecule has 0 spiro atoms. The molecule has 1 aromatic heterocycles. The zero-order valence-corrected chi connectivity index (χ0v) is 16.4. The second kappa shape index (κ2) is 8.00. The van der Waals surface area contributed by atoms with Crippen LogP contribution in [0.2, 0.25) is 0 Å². The number of nitrogens with two attached hydrogens (primary N) is 2. The number of carbonyl (C=O) groups is 1. The van der Waals surface area contributed by atoms with E-state index in [-0.39, 0.29) is 10.8 Å². The molecule has 1 atom stereocenters. The van der Waals surface area contributed by atoms with Gasteiger partial charge in [0.25, 0.3) is 0 Å². The van der Waals surface area contributed by atoms with Gasteiger partial charge in [-0.3, -0.25) is 4.79 Å². The Morgan fingerprint density at radius 3 is 2.29 bits per heavy atom. The van der Waals surface area contributed by atoms with E-state index in [0.717, 1.165) is 17.3 Å². The number of anilines is 1. The predicted molar refractivity (Wildman–Crippen MR) is 106 cm³/mol. The Kier molecular flexibility index (Phi) is 5.68. The Morgan fingerprint density at radius 2 is 1.75 bits per heavy atom. The first-order chi connectivity index (χ1) is 13.3. The Hall–Kier alpha value is -2.89. The second-order valence-electron chi connectivity index (χ2n) is 5.87. The van der Waals surface area contributed by atoms with E-state index in [9.17, 15) is 13.2 Å². The number of sulfonamides is 1. The minimum atomic E-state index is -3.80. The van der Waals surface area contributed by atoms with E-state index in [1.807, 2.05) is 30.3 Å². The quantitative estimate of drug-likeness (QED) is 0.405. The van der Waals surface area contributed by atoms with E-state index in [2.05, 4.69) is 15.5 Å². The number of nitrogens with one attached hydrogen (secondary N) is 1. The largest absolute Gasteiger partial charge is 0.336 e. The molecule has 9 nitrogen and oxygen atoms in total. The maximum absolute atomic E-state index is 12.9. The fourth-order valence-corrected chi connectivity index (χ4v) is 3.89. The smallest absolute Gasteiger partial charge is 0.242 e. The van der Waals surface area contributed by atoms with E-state index >= 15 is 0 Å². The van der Waals surface area contributed by atoms with Crippen molar-refractivity contribution in [1.82, 2.24) is 14.9 Å². The van der Waals surface area contributed by atoms with Gasteiger partial charge in [-0.1, -0.05) is 42.1 Å². The Bertz CT molecular complexity index is 1080. The van der Waals surface area contributed by atoms with Gasteiger partial charge < -0.3 is 11.2 Å². The third-order valence-electron chi connectivity index (χ3n) is 3.85. The van der Waals surface area contributed by atoms with E-state index in [0.29, 0.717) is 16.7 Å². The predicted octanol–water partition coefficient (Wildman–Crippen LogP) is 1.42. The lowest BCUT2D eigenvalue weighted by Gasteiger charge is -2.16. The Labute approximate surface area is 166 Å². The third kappa shape index (κ3) is 4.50. The van der Waals surface area contributed by atoms with Crippen LogP contribution in [0.25, 0.3) is 0 Å². The van der Waals surface area contributed by atoms with Crippen LogP contribution in [-0.4, -0.2) is 29.2 Å². The van der Waals surface area contributed by atoms with Crippen molar-refractivity contribution in [2.45, 2.75) is 22.2 Å². The van der Waals surface area contributed by atoms with Gasteiger partial charge in [0.05, 0.1) is 4.90 Å². The van der Waals surface area contributed by atoms with Crippen LogP contribution in [0, 0.1) is 6.92 Å². The second-order valence-corrected chi connectivity index (χ2v) is 8.50. The number of amides is 1. The molecule has 3 aromatic rings. The maximum atomic E-state index is 12.9. The van der Waals surface area contributed by atoms with Crippen LogP contribution >= 0.6 is 11.8 Å². The molecular weight excluding hydrogens is 400 g/mol. The van der Waals surface area contributed by atoms with E-state index in [4.69, 9.17) is 11.0 Å². The molecule has 0 aliphatic heterocycles. The number of aromatic nitrogens is 3. The summed E-state index contributed by atoms with van der Waals surface area (Å²) >= 11 is 1.16. The first kappa shape index (κ1) is 19.9. The third-order valence-corrected chi connectivity index (χ3v) is 5.99. The van der Waals surface area contributed by atoms with Crippen molar-refractivity contribution >= 4 is 33.4 Å². The van der Waals surface area contributed by atoms with Gasteiger partial charge in [0.2, 0.25) is 21.1 Å². The highest BCUT2D eigenvalue weighted by atomic mass is 32.2. The van der Waals surface area contributed by atoms with Crippen molar-refractivity contribution in [3.8, 4) is 0 Å². The summed E-state index contributed by atoms with van der Waals surface area (Å²) in [6.45, 7) is 1.71. The molecule has 0 saturated carbocycles. The molecule has 146 valence electrons. The molecule has 0 aliphatic carbocycles. The van der Waals surface area contributed by atoms with Crippen molar-refractivity contribution in [2.75, 3.05) is 11.2 Å². The summed E-state index contributed by atoms with van der Waals surface area (Å²) in [4.78, 5) is 12.9. The molecule has 0 aliphatic rings. The lowest BCUT2D eigenvalue weighted by molar-refractivity contribution is -0.115. The van der Waals surface area contributed by atoms with Crippen LogP contribution in [0.3, 0.4) is 0 Å². The summed E-state index contributed by atoms with van der Waals surface area (Å²) < 4.78 is 24.0. The number of thioether (sulfide) groups is 1. The first-order valence-electron chi connectivity index (χ1n) is 8.08. The number of primary sulfonamides is 1. The maximum Gasteiger partial charge on any atom is 0.242 e. The molecule has 1 unspecified atom stereocenters. The van der Waals surface area contributed by atoms with Gasteiger partial charge in [-0.25, -0.2) is 18.2 Å². The Morgan fingerprint density at radius 1 is 1.11 bits per heavy atom. The van der Waals surface area contributed by atoms with Crippen LogP contribution in [-0.2, 0) is 14.8 Å². The van der Waals surface area contributed by atoms with Gasteiger partial charge in [-0.15, -0.1) is 10.2 Å². The monoisotopic (exact) mass is 418 g/mol. The number of aryl methyl sites for hydroxylation is 1. The van der Waals surface area contributed by atoms with Gasteiger partial charge in [-0.05, 0) is 36.8 Å². The number of rotatable bonds is 6. The normalized spacial score (nSPS) is 12.5. The number of nitrogens with zero attached hydrogens (tertiary/aromatic N) is 3. The molecular formula is C17H18N6O3S2. The van der Waals surface area contributed by atoms with E-state index < -0.39 is 15.3 Å². The van der Waals surface area contributed by atoms with Crippen molar-refractivity contribution < 1.29 is 13.2 Å². The van der Waals surface area contributed by atoms with Gasteiger partial charge in [-0.2, -0.15) is 0 Å². The number of benzene rings is 2. The summed E-state index contributed by atoms with van der Waals surface area (Å²) in [5.74, 6) is 6.11. The highest BCUT2D eigenvalue weighted by molar-refractivity contribution is 8.00. The molecule has 0 fully saturated rings. The molecule has 1 heterocycles. The molecule has 1 amide bonds. The van der Waals surface area contributed by atoms with Crippen molar-refractivity contribution in [3.63, 3.8) is 0 Å². The summed E-state index contributed by atoms with van der Waals surface area (Å²) in [6, 6.07) is 14.8. The van der Waals surface area contributed by atoms with Crippen molar-refractivity contribution in [1.29, 1.82) is 0 Å². The lowest BCUT2D eigenvalue weighted by Crippen LogP contribution is -2.20. The van der Waals surface area contributed by atoms with Crippen LogP contribution in [0.15, 0.2) is 64.6 Å². The fraction of sp³-hybridized carbons (Fsp3) is 0.118. The van der Waals surface area contributed by atoms with Crippen molar-refractivity contribution in [3.05, 3.63) is 66.0 Å². The fourth-order valence-electron chi connectivity index (χ4n) is 2.37. The number of nitrogen functional groups attached to an aromatic ring is 1. The summed E-state index contributed by atoms with van der Waals surface area (Å²) in [7, 11) is -3.80. The molecule has 2 aromatic carbocycles. The van der Waals surface area contributed by atoms with Gasteiger partial charge in [0.15, 0.2) is 0 Å². The van der Waals surface area contributed by atoms with Crippen molar-refractivity contribution in [2.24, 2.45) is 5.14 Å². The highest BCUT2D eigenvalue weighted by Gasteiger charge is 2.25. The van der Waals surface area contributed by atoms with E-state index in [1.54, 1.807) is 6.92 Å². The standard InChI is InChI=1S/C17H18N6O3S2/c1-11-21-22-17(23(11)18)27-15(12-5-3-2-4-6-12)16(24)20-13-7-9-14(10-8-13)28(19,25)26/h2-10,15H,18H2,1H3,(H,20,24)(H2,19,25,26). The van der Waals surface area contributed by atoms with Crippen LogP contribution in [0.4, 0.5) is 5.69 Å². The highest BCUT2D eigenvalue weighted by Crippen LogP contribution is 2.35. The molecule has 3 rings (SSSR count). The number of carbonyl (C=O) groups excluding carboxylic acids is 1. The molecule has 28 heavy (non-hydrogen) atoms. The minimum absolute atomic E-state index is 0.0359. The molecule has 5 N–H and O–H groups in total. The van der Waals surface area contributed by atoms with Gasteiger partial charge in [0, 0.05) is 5.69 Å². The number of hydrogen-bond acceptors (Lipinski definition) is 7.